The van der Waals surface area contributed by atoms with Crippen LogP contribution in [0.15, 0.2) is 29.2 Å². The lowest BCUT2D eigenvalue weighted by atomic mass is 10.0. The summed E-state index contributed by atoms with van der Waals surface area (Å²) in [6, 6.07) is 8.42. The summed E-state index contributed by atoms with van der Waals surface area (Å²) in [5, 5.41) is 10.2. The van der Waals surface area contributed by atoms with Gasteiger partial charge in [-0.2, -0.15) is 0 Å². The molecule has 0 saturated carbocycles. The monoisotopic (exact) mass is 239 g/mol. The van der Waals surface area contributed by atoms with E-state index >= 15 is 0 Å². The first-order valence-electron chi connectivity index (χ1n) is 5.59. The zero-order valence-corrected chi connectivity index (χ0v) is 11.1. The van der Waals surface area contributed by atoms with Gasteiger partial charge in [0.25, 0.3) is 0 Å². The molecular formula is C13H21NOS. The number of hydrogen-bond acceptors (Lipinski definition) is 3. The van der Waals surface area contributed by atoms with Crippen molar-refractivity contribution < 1.29 is 5.11 Å². The molecule has 2 atom stereocenters. The first-order valence-corrected chi connectivity index (χ1v) is 6.47. The molecule has 0 heterocycles. The Morgan fingerprint density at radius 3 is 2.75 bits per heavy atom. The van der Waals surface area contributed by atoms with Gasteiger partial charge in [0.1, 0.15) is 0 Å². The maximum absolute atomic E-state index is 9.89. The maximum Gasteiger partial charge on any atom is 0.0752 e. The van der Waals surface area contributed by atoms with Crippen LogP contribution in [0.5, 0.6) is 0 Å². The standard InChI is InChI=1S/C13H21NOS/c1-10-5-4-6-12(7-10)16-11(2)8-13(3,15)9-14/h4-7,11,15H,8-9,14H2,1-3H3. The van der Waals surface area contributed by atoms with Crippen LogP contribution >= 0.6 is 11.8 Å². The molecule has 16 heavy (non-hydrogen) atoms. The van der Waals surface area contributed by atoms with Crippen LogP contribution in [-0.2, 0) is 0 Å². The zero-order valence-electron chi connectivity index (χ0n) is 10.2. The Morgan fingerprint density at radius 1 is 1.50 bits per heavy atom. The summed E-state index contributed by atoms with van der Waals surface area (Å²) in [5.41, 5.74) is 6.03. The van der Waals surface area contributed by atoms with E-state index in [2.05, 4.69) is 38.1 Å². The SMILES string of the molecule is Cc1cccc(SC(C)CC(C)(O)CN)c1. The third-order valence-corrected chi connectivity index (χ3v) is 3.59. The first kappa shape index (κ1) is 13.6. The summed E-state index contributed by atoms with van der Waals surface area (Å²) < 4.78 is 0. The fraction of sp³-hybridized carbons (Fsp3) is 0.538. The Labute approximate surface area is 102 Å². The molecule has 0 saturated heterocycles. The Hall–Kier alpha value is -0.510. The second-order valence-corrected chi connectivity index (χ2v) is 6.16. The van der Waals surface area contributed by atoms with Crippen LogP contribution in [0.25, 0.3) is 0 Å². The second-order valence-electron chi connectivity index (χ2n) is 4.65. The van der Waals surface area contributed by atoms with Crippen molar-refractivity contribution in [2.45, 2.75) is 42.9 Å². The molecule has 0 radical (unpaired) electrons. The number of aliphatic hydroxyl groups is 1. The highest BCUT2D eigenvalue weighted by Crippen LogP contribution is 2.28. The van der Waals surface area contributed by atoms with Gasteiger partial charge in [-0.1, -0.05) is 24.6 Å². The van der Waals surface area contributed by atoms with Crippen LogP contribution in [0.2, 0.25) is 0 Å². The average Bonchev–Trinajstić information content (AvgIpc) is 2.16. The molecule has 1 aromatic rings. The van der Waals surface area contributed by atoms with Gasteiger partial charge in [-0.25, -0.2) is 0 Å². The molecule has 2 nitrogen and oxygen atoms in total. The van der Waals surface area contributed by atoms with Crippen molar-refractivity contribution in [1.29, 1.82) is 0 Å². The van der Waals surface area contributed by atoms with Gasteiger partial charge in [0.05, 0.1) is 5.60 Å². The van der Waals surface area contributed by atoms with Crippen LogP contribution in [0.4, 0.5) is 0 Å². The molecule has 3 heteroatoms. The van der Waals surface area contributed by atoms with Crippen molar-refractivity contribution in [3.63, 3.8) is 0 Å². The van der Waals surface area contributed by atoms with E-state index in [0.29, 0.717) is 18.2 Å². The van der Waals surface area contributed by atoms with Crippen molar-refractivity contribution >= 4 is 11.8 Å². The molecule has 0 fully saturated rings. The number of benzene rings is 1. The topological polar surface area (TPSA) is 46.2 Å². The minimum Gasteiger partial charge on any atom is -0.389 e. The van der Waals surface area contributed by atoms with Gasteiger partial charge in [-0.05, 0) is 32.4 Å². The summed E-state index contributed by atoms with van der Waals surface area (Å²) in [7, 11) is 0. The third kappa shape index (κ3) is 4.56. The number of thioether (sulfide) groups is 1. The molecule has 0 aliphatic rings. The molecule has 0 aliphatic heterocycles. The number of rotatable bonds is 5. The average molecular weight is 239 g/mol. The molecule has 0 amide bonds. The zero-order chi connectivity index (χ0) is 12.2. The normalized spacial score (nSPS) is 16.8. The minimum atomic E-state index is -0.754. The van der Waals surface area contributed by atoms with E-state index in [1.807, 2.05) is 0 Å². The second kappa shape index (κ2) is 5.71. The highest BCUT2D eigenvalue weighted by molar-refractivity contribution is 7.99. The van der Waals surface area contributed by atoms with Gasteiger partial charge >= 0.3 is 0 Å². The molecule has 0 aliphatic carbocycles. The van der Waals surface area contributed by atoms with E-state index in [1.54, 1.807) is 18.7 Å². The highest BCUT2D eigenvalue weighted by Gasteiger charge is 2.21. The molecule has 0 aromatic heterocycles. The summed E-state index contributed by atoms with van der Waals surface area (Å²) >= 11 is 1.78. The van der Waals surface area contributed by atoms with Crippen LogP contribution < -0.4 is 5.73 Å². The predicted octanol–water partition coefficient (Wildman–Crippen LogP) is 2.58. The lowest BCUT2D eigenvalue weighted by Gasteiger charge is -2.24. The Bertz CT molecular complexity index is 338. The quantitative estimate of drug-likeness (QED) is 0.776. The van der Waals surface area contributed by atoms with Gasteiger partial charge in [-0.15, -0.1) is 11.8 Å². The fourth-order valence-electron chi connectivity index (χ4n) is 1.67. The van der Waals surface area contributed by atoms with Crippen molar-refractivity contribution in [3.8, 4) is 0 Å². The summed E-state index contributed by atoms with van der Waals surface area (Å²) in [6.45, 7) is 6.31. The Balaban J connectivity index is 2.55. The number of hydrogen-bond donors (Lipinski definition) is 2. The molecule has 1 rings (SSSR count). The summed E-state index contributed by atoms with van der Waals surface area (Å²) in [6.07, 6.45) is 0.710. The third-order valence-electron chi connectivity index (χ3n) is 2.49. The number of aryl methyl sites for hydroxylation is 1. The highest BCUT2D eigenvalue weighted by atomic mass is 32.2. The van der Waals surface area contributed by atoms with Crippen molar-refractivity contribution in [3.05, 3.63) is 29.8 Å². The van der Waals surface area contributed by atoms with Crippen LogP contribution in [0.3, 0.4) is 0 Å². The van der Waals surface area contributed by atoms with Crippen molar-refractivity contribution in [2.75, 3.05) is 6.54 Å². The van der Waals surface area contributed by atoms with Gasteiger partial charge in [-0.3, -0.25) is 0 Å². The Kier molecular flexibility index (Phi) is 4.84. The van der Waals surface area contributed by atoms with E-state index in [-0.39, 0.29) is 0 Å². The van der Waals surface area contributed by atoms with Crippen molar-refractivity contribution in [1.82, 2.24) is 0 Å². The molecule has 3 N–H and O–H groups in total. The molecule has 90 valence electrons. The van der Waals surface area contributed by atoms with Gasteiger partial charge < -0.3 is 10.8 Å². The minimum absolute atomic E-state index is 0.311. The molecule has 1 aromatic carbocycles. The Morgan fingerprint density at radius 2 is 2.19 bits per heavy atom. The van der Waals surface area contributed by atoms with Gasteiger partial charge in [0.2, 0.25) is 0 Å². The van der Waals surface area contributed by atoms with E-state index in [4.69, 9.17) is 5.73 Å². The van der Waals surface area contributed by atoms with Crippen molar-refractivity contribution in [2.24, 2.45) is 5.73 Å². The van der Waals surface area contributed by atoms with Crippen LogP contribution in [0.1, 0.15) is 25.8 Å². The summed E-state index contributed by atoms with van der Waals surface area (Å²) in [5.74, 6) is 0. The lowest BCUT2D eigenvalue weighted by Crippen LogP contribution is -2.36. The smallest absolute Gasteiger partial charge is 0.0752 e. The molecule has 2 unspecified atom stereocenters. The molecular weight excluding hydrogens is 218 g/mol. The maximum atomic E-state index is 9.89. The molecule has 0 bridgehead atoms. The predicted molar refractivity (Wildman–Crippen MR) is 70.8 cm³/mol. The summed E-state index contributed by atoms with van der Waals surface area (Å²) in [4.78, 5) is 1.25. The van der Waals surface area contributed by atoms with E-state index in [0.717, 1.165) is 0 Å². The molecule has 0 spiro atoms. The lowest BCUT2D eigenvalue weighted by molar-refractivity contribution is 0.0608. The van der Waals surface area contributed by atoms with Gasteiger partial charge in [0.15, 0.2) is 0 Å². The van der Waals surface area contributed by atoms with E-state index < -0.39 is 5.60 Å². The number of nitrogens with two attached hydrogens (primary N) is 1. The van der Waals surface area contributed by atoms with Gasteiger partial charge in [0, 0.05) is 16.7 Å². The van der Waals surface area contributed by atoms with Crippen LogP contribution in [0, 0.1) is 6.92 Å². The largest absolute Gasteiger partial charge is 0.389 e. The first-order chi connectivity index (χ1) is 7.43. The van der Waals surface area contributed by atoms with E-state index in [1.165, 1.54) is 10.5 Å². The van der Waals surface area contributed by atoms with E-state index in [9.17, 15) is 5.11 Å². The van der Waals surface area contributed by atoms with Crippen LogP contribution in [-0.4, -0.2) is 22.5 Å². The fourth-order valence-corrected chi connectivity index (χ4v) is 2.98.